The van der Waals surface area contributed by atoms with Crippen molar-refractivity contribution in [2.24, 2.45) is 0 Å². The molecule has 8 rings (SSSR count). The number of alkyl halides is 4. The van der Waals surface area contributed by atoms with E-state index in [1.807, 2.05) is 41.5 Å². The number of aromatic nitrogens is 10. The molecule has 0 spiro atoms. The number of nitrogens with one attached hydrogen (secondary N) is 5. The summed E-state index contributed by atoms with van der Waals surface area (Å²) in [5, 5.41) is 21.2. The number of amides is 2. The lowest BCUT2D eigenvalue weighted by Crippen LogP contribution is -2.40. The molecule has 17 nitrogen and oxygen atoms in total. The Labute approximate surface area is 376 Å². The first kappa shape index (κ1) is 47.0. The number of H-pyrrole nitrogens is 3. The molecular weight excluding hydrogens is 881 g/mol. The molecule has 2 aromatic carbocycles. The molecule has 0 atom stereocenters. The van der Waals surface area contributed by atoms with E-state index in [0.29, 0.717) is 84.6 Å². The zero-order valence-electron chi connectivity index (χ0n) is 37.7. The number of fused-ring (bicyclic) bond motifs is 4. The van der Waals surface area contributed by atoms with Crippen LogP contribution in [-0.4, -0.2) is 101 Å². The summed E-state index contributed by atoms with van der Waals surface area (Å²) in [6.07, 6.45) is 6.29. The summed E-state index contributed by atoms with van der Waals surface area (Å²) in [7, 11) is -1.25. The third-order valence-electron chi connectivity index (χ3n) is 9.64. The quantitative estimate of drug-likeness (QED) is 0.0418. The van der Waals surface area contributed by atoms with Gasteiger partial charge in [0, 0.05) is 48.9 Å². The van der Waals surface area contributed by atoms with E-state index < -0.39 is 32.4 Å². The van der Waals surface area contributed by atoms with Gasteiger partial charge in [-0.05, 0) is 84.0 Å². The molecule has 6 aromatic heterocycles. The van der Waals surface area contributed by atoms with Crippen molar-refractivity contribution in [3.05, 3.63) is 72.3 Å². The topological polar surface area (TPSA) is 216 Å². The fourth-order valence-electron chi connectivity index (χ4n) is 6.70. The molecule has 0 aliphatic heterocycles. The number of halogens is 4. The van der Waals surface area contributed by atoms with Crippen LogP contribution >= 0.6 is 0 Å². The van der Waals surface area contributed by atoms with Crippen LogP contribution in [0.3, 0.4) is 0 Å². The number of ether oxygens (including phenoxy) is 3. The van der Waals surface area contributed by atoms with Crippen LogP contribution in [0.2, 0.25) is 25.7 Å². The van der Waals surface area contributed by atoms with Crippen molar-refractivity contribution in [3.63, 3.8) is 0 Å². The standard InChI is InChI=1S/C25H32F2N6O3Si.C19H18F2N6O2/c1-25(2,3)30-23(34)17-13-33(14-35-9-10-37(4,5)6)22-21(17)29-19(12-28-22)20-16-11-15(36-24(26)27)7-8-18(16)31-32-20;1-19(2,3)25-17(28)11-7-22-16-15(11)24-13(8-23-16)14-10-6-9(29-18(20)21)4-5-12(10)26-27-14/h7-8,11-13,24H,9-10,14H2,1-6H3,(H,30,34)(H,31,32);4-8,18H,1-3H3,(H,22,23)(H,25,28)(H,26,27). The summed E-state index contributed by atoms with van der Waals surface area (Å²) in [6, 6.07) is 9.99. The number of aromatic amines is 3. The highest BCUT2D eigenvalue weighted by Gasteiger charge is 2.25. The van der Waals surface area contributed by atoms with Crippen LogP contribution in [0.4, 0.5) is 17.6 Å². The van der Waals surface area contributed by atoms with Crippen LogP contribution in [0, 0.1) is 0 Å². The normalized spacial score (nSPS) is 12.3. The molecular formula is C44H50F4N12O5Si. The maximum atomic E-state index is 13.2. The van der Waals surface area contributed by atoms with Gasteiger partial charge < -0.3 is 34.4 Å². The zero-order chi connectivity index (χ0) is 47.7. The Bertz CT molecular complexity index is 3040. The molecule has 5 N–H and O–H groups in total. The van der Waals surface area contributed by atoms with E-state index >= 15 is 0 Å². The number of hydrogen-bond acceptors (Lipinski definition) is 11. The second kappa shape index (κ2) is 18.5. The van der Waals surface area contributed by atoms with Crippen molar-refractivity contribution in [2.75, 3.05) is 6.61 Å². The van der Waals surface area contributed by atoms with Crippen molar-refractivity contribution in [3.8, 4) is 34.3 Å². The minimum Gasteiger partial charge on any atom is -0.435 e. The summed E-state index contributed by atoms with van der Waals surface area (Å²) in [5.41, 5.74) is 4.42. The van der Waals surface area contributed by atoms with E-state index in [4.69, 9.17) is 9.72 Å². The molecule has 348 valence electrons. The zero-order valence-corrected chi connectivity index (χ0v) is 38.7. The number of hydrogen-bond donors (Lipinski definition) is 5. The van der Waals surface area contributed by atoms with E-state index in [1.54, 1.807) is 35.3 Å². The van der Waals surface area contributed by atoms with Gasteiger partial charge >= 0.3 is 13.2 Å². The van der Waals surface area contributed by atoms with E-state index in [1.165, 1.54) is 30.5 Å². The molecule has 0 radical (unpaired) electrons. The summed E-state index contributed by atoms with van der Waals surface area (Å²) < 4.78 is 67.2. The number of benzene rings is 2. The van der Waals surface area contributed by atoms with E-state index in [9.17, 15) is 27.2 Å². The van der Waals surface area contributed by atoms with Gasteiger partial charge in [-0.25, -0.2) is 19.9 Å². The first-order valence-corrected chi connectivity index (χ1v) is 24.5. The molecule has 0 bridgehead atoms. The van der Waals surface area contributed by atoms with Crippen LogP contribution in [-0.2, 0) is 11.5 Å². The maximum absolute atomic E-state index is 13.2. The Morgan fingerprint density at radius 2 is 1.26 bits per heavy atom. The van der Waals surface area contributed by atoms with Crippen molar-refractivity contribution in [2.45, 2.75) is 98.3 Å². The molecule has 0 unspecified atom stereocenters. The van der Waals surface area contributed by atoms with Crippen LogP contribution in [0.1, 0.15) is 62.3 Å². The van der Waals surface area contributed by atoms with Gasteiger partial charge in [-0.1, -0.05) is 19.6 Å². The van der Waals surface area contributed by atoms with Crippen LogP contribution in [0.5, 0.6) is 11.5 Å². The van der Waals surface area contributed by atoms with E-state index in [2.05, 4.69) is 80.1 Å². The van der Waals surface area contributed by atoms with Crippen molar-refractivity contribution in [1.82, 2.24) is 60.5 Å². The smallest absolute Gasteiger partial charge is 0.387 e. The second-order valence-corrected chi connectivity index (χ2v) is 24.3. The van der Waals surface area contributed by atoms with Gasteiger partial charge in [0.15, 0.2) is 11.3 Å². The number of carbonyl (C=O) groups excluding carboxylic acids is 2. The van der Waals surface area contributed by atoms with Gasteiger partial charge in [-0.2, -0.15) is 27.8 Å². The summed E-state index contributed by atoms with van der Waals surface area (Å²) in [5.74, 6) is -0.555. The summed E-state index contributed by atoms with van der Waals surface area (Å²) in [4.78, 5) is 46.9. The van der Waals surface area contributed by atoms with Crippen molar-refractivity contribution < 1.29 is 41.4 Å². The van der Waals surface area contributed by atoms with Crippen LogP contribution < -0.4 is 20.1 Å². The average Bonchev–Trinajstić information content (AvgIpc) is 4.01. The fourth-order valence-corrected chi connectivity index (χ4v) is 7.45. The van der Waals surface area contributed by atoms with Gasteiger partial charge in [0.25, 0.3) is 11.8 Å². The third kappa shape index (κ3) is 11.3. The highest BCUT2D eigenvalue weighted by molar-refractivity contribution is 6.76. The third-order valence-corrected chi connectivity index (χ3v) is 11.3. The first-order chi connectivity index (χ1) is 31.0. The van der Waals surface area contributed by atoms with Gasteiger partial charge in [-0.15, -0.1) is 0 Å². The number of nitrogens with zero attached hydrogens (tertiary/aromatic N) is 7. The lowest BCUT2D eigenvalue weighted by atomic mass is 10.1. The fraction of sp³-hybridized carbons (Fsp3) is 0.364. The Balaban J connectivity index is 0.000000202. The Kier molecular flexibility index (Phi) is 13.2. The van der Waals surface area contributed by atoms with Crippen molar-refractivity contribution >= 4 is 64.0 Å². The van der Waals surface area contributed by atoms with Gasteiger partial charge in [0.05, 0.1) is 34.6 Å². The average molecular weight is 931 g/mol. The molecule has 0 aliphatic carbocycles. The van der Waals surface area contributed by atoms with Crippen LogP contribution in [0.25, 0.3) is 66.9 Å². The number of rotatable bonds is 13. The molecule has 0 saturated heterocycles. The number of carbonyl (C=O) groups is 2. The Morgan fingerprint density at radius 1 is 0.742 bits per heavy atom. The van der Waals surface area contributed by atoms with Gasteiger partial charge in [-0.3, -0.25) is 19.8 Å². The Hall–Kier alpha value is -6.94. The van der Waals surface area contributed by atoms with Crippen molar-refractivity contribution in [1.29, 1.82) is 0 Å². The van der Waals surface area contributed by atoms with E-state index in [-0.39, 0.29) is 30.0 Å². The SMILES string of the molecule is CC(C)(C)NC(=O)c1c[nH]c2ncc(-c3n[nH]c4ccc(OC(F)F)cc34)nc12.CC(C)(C)NC(=O)c1cn(COCC[Si](C)(C)C)c2ncc(-c3n[nH]c4ccc(OC(F)F)cc34)nc12. The lowest BCUT2D eigenvalue weighted by molar-refractivity contribution is -0.0504. The predicted octanol–water partition coefficient (Wildman–Crippen LogP) is 9.05. The highest BCUT2D eigenvalue weighted by atomic mass is 28.3. The van der Waals surface area contributed by atoms with Gasteiger partial charge in [0.2, 0.25) is 0 Å². The lowest BCUT2D eigenvalue weighted by Gasteiger charge is -2.20. The molecule has 8 aromatic rings. The second-order valence-electron chi connectivity index (χ2n) is 18.7. The Morgan fingerprint density at radius 3 is 1.77 bits per heavy atom. The molecule has 22 heteroatoms. The summed E-state index contributed by atoms with van der Waals surface area (Å²) >= 11 is 0. The predicted molar refractivity (Wildman–Crippen MR) is 243 cm³/mol. The molecule has 0 fully saturated rings. The molecule has 66 heavy (non-hydrogen) atoms. The highest BCUT2D eigenvalue weighted by Crippen LogP contribution is 2.32. The molecule has 0 aliphatic rings. The van der Waals surface area contributed by atoms with Crippen LogP contribution in [0.15, 0.2) is 61.2 Å². The summed E-state index contributed by atoms with van der Waals surface area (Å²) in [6.45, 7) is 13.2. The molecule has 6 heterocycles. The monoisotopic (exact) mass is 930 g/mol. The van der Waals surface area contributed by atoms with E-state index in [0.717, 1.165) is 6.04 Å². The maximum Gasteiger partial charge on any atom is 0.387 e. The minimum absolute atomic E-state index is 0.00560. The minimum atomic E-state index is -2.94. The largest absolute Gasteiger partial charge is 0.435 e. The molecule has 0 saturated carbocycles. The van der Waals surface area contributed by atoms with Gasteiger partial charge in [0.1, 0.15) is 52.0 Å². The first-order valence-electron chi connectivity index (χ1n) is 20.8. The molecule has 2 amide bonds.